The number of benzene rings is 4. The molecule has 0 aromatic heterocycles. The SMILES string of the molecule is C[C@@H](NCC1CCc2ccc(N(C)S(=O)(=O)c3cccc4ccccc34)cc2O1)c1ccccc1. The molecule has 180 valence electrons. The maximum Gasteiger partial charge on any atom is 0.264 e. The van der Waals surface area contributed by atoms with Crippen molar-refractivity contribution in [1.29, 1.82) is 0 Å². The summed E-state index contributed by atoms with van der Waals surface area (Å²) < 4.78 is 34.8. The van der Waals surface area contributed by atoms with E-state index in [4.69, 9.17) is 4.74 Å². The zero-order valence-electron chi connectivity index (χ0n) is 20.0. The standard InChI is InChI=1S/C29H30N2O3S/c1-21(22-9-4-3-5-10-22)30-20-26-18-16-24-15-17-25(19-28(24)34-26)31(2)35(32,33)29-14-8-12-23-11-6-7-13-27(23)29/h3-15,17,19,21,26,30H,16,18,20H2,1-2H3/t21-,26?/m1/s1. The smallest absolute Gasteiger partial charge is 0.264 e. The summed E-state index contributed by atoms with van der Waals surface area (Å²) in [5.74, 6) is 0.757. The maximum absolute atomic E-state index is 13.6. The van der Waals surface area contributed by atoms with Crippen molar-refractivity contribution in [2.45, 2.75) is 36.8 Å². The highest BCUT2D eigenvalue weighted by molar-refractivity contribution is 7.93. The number of hydrogen-bond acceptors (Lipinski definition) is 4. The van der Waals surface area contributed by atoms with Crippen molar-refractivity contribution in [2.24, 2.45) is 0 Å². The number of rotatable bonds is 7. The summed E-state index contributed by atoms with van der Waals surface area (Å²) in [4.78, 5) is 0.300. The van der Waals surface area contributed by atoms with E-state index in [2.05, 4.69) is 24.4 Å². The third kappa shape index (κ3) is 4.77. The Balaban J connectivity index is 1.34. The molecule has 5 rings (SSSR count). The van der Waals surface area contributed by atoms with Gasteiger partial charge in [0.25, 0.3) is 10.0 Å². The van der Waals surface area contributed by atoms with Gasteiger partial charge in [-0.15, -0.1) is 0 Å². The minimum Gasteiger partial charge on any atom is -0.489 e. The molecule has 4 aromatic carbocycles. The average Bonchev–Trinajstić information content (AvgIpc) is 2.91. The van der Waals surface area contributed by atoms with Crippen LogP contribution in [0.25, 0.3) is 10.8 Å². The molecule has 4 aromatic rings. The van der Waals surface area contributed by atoms with Crippen molar-refractivity contribution in [3.05, 3.63) is 102 Å². The highest BCUT2D eigenvalue weighted by Crippen LogP contribution is 2.34. The summed E-state index contributed by atoms with van der Waals surface area (Å²) in [6.45, 7) is 2.88. The van der Waals surface area contributed by atoms with Gasteiger partial charge in [0.1, 0.15) is 11.9 Å². The summed E-state index contributed by atoms with van der Waals surface area (Å²) in [5.41, 5.74) is 2.94. The molecule has 0 aliphatic carbocycles. The lowest BCUT2D eigenvalue weighted by Crippen LogP contribution is -2.35. The Morgan fingerprint density at radius 2 is 1.71 bits per heavy atom. The van der Waals surface area contributed by atoms with Crippen LogP contribution < -0.4 is 14.4 Å². The normalized spacial score (nSPS) is 16.3. The first kappa shape index (κ1) is 23.4. The largest absolute Gasteiger partial charge is 0.489 e. The minimum absolute atomic E-state index is 0.0314. The lowest BCUT2D eigenvalue weighted by Gasteiger charge is -2.29. The quantitative estimate of drug-likeness (QED) is 0.364. The molecule has 0 fully saturated rings. The van der Waals surface area contributed by atoms with E-state index in [0.717, 1.165) is 41.5 Å². The van der Waals surface area contributed by atoms with Crippen molar-refractivity contribution in [1.82, 2.24) is 5.32 Å². The van der Waals surface area contributed by atoms with Crippen LogP contribution in [-0.2, 0) is 16.4 Å². The van der Waals surface area contributed by atoms with Crippen molar-refractivity contribution in [3.63, 3.8) is 0 Å². The van der Waals surface area contributed by atoms with Crippen molar-refractivity contribution < 1.29 is 13.2 Å². The summed E-state index contributed by atoms with van der Waals surface area (Å²) in [6, 6.07) is 29.2. The molecule has 1 aliphatic rings. The minimum atomic E-state index is -3.75. The van der Waals surface area contributed by atoms with Crippen molar-refractivity contribution >= 4 is 26.5 Å². The van der Waals surface area contributed by atoms with Crippen LogP contribution in [0.2, 0.25) is 0 Å². The molecule has 35 heavy (non-hydrogen) atoms. The highest BCUT2D eigenvalue weighted by atomic mass is 32.2. The van der Waals surface area contributed by atoms with Crippen LogP contribution in [0.15, 0.2) is 95.9 Å². The third-order valence-corrected chi connectivity index (χ3v) is 8.63. The molecule has 0 saturated heterocycles. The van der Waals surface area contributed by atoms with Crippen LogP contribution in [0.4, 0.5) is 5.69 Å². The van der Waals surface area contributed by atoms with Crippen LogP contribution in [0.3, 0.4) is 0 Å². The molecule has 2 atom stereocenters. The molecule has 1 N–H and O–H groups in total. The predicted molar refractivity (Wildman–Crippen MR) is 142 cm³/mol. The molecule has 0 spiro atoms. The van der Waals surface area contributed by atoms with Gasteiger partial charge in [-0.05, 0) is 48.4 Å². The highest BCUT2D eigenvalue weighted by Gasteiger charge is 2.26. The lowest BCUT2D eigenvalue weighted by molar-refractivity contribution is 0.167. The Morgan fingerprint density at radius 1 is 0.971 bits per heavy atom. The first-order valence-corrected chi connectivity index (χ1v) is 13.4. The van der Waals surface area contributed by atoms with E-state index in [1.807, 2.05) is 66.7 Å². The van der Waals surface area contributed by atoms with Gasteiger partial charge in [-0.25, -0.2) is 8.42 Å². The zero-order valence-corrected chi connectivity index (χ0v) is 20.8. The fourth-order valence-electron chi connectivity index (χ4n) is 4.63. The van der Waals surface area contributed by atoms with Gasteiger partial charge < -0.3 is 10.1 Å². The van der Waals surface area contributed by atoms with E-state index in [9.17, 15) is 8.42 Å². The average molecular weight is 487 g/mol. The molecule has 0 saturated carbocycles. The number of aryl methyl sites for hydroxylation is 1. The van der Waals surface area contributed by atoms with Crippen LogP contribution in [0.5, 0.6) is 5.75 Å². The van der Waals surface area contributed by atoms with Gasteiger partial charge in [-0.1, -0.05) is 72.8 Å². The van der Waals surface area contributed by atoms with Gasteiger partial charge in [0.15, 0.2) is 0 Å². The van der Waals surface area contributed by atoms with Gasteiger partial charge in [-0.2, -0.15) is 0 Å². The van der Waals surface area contributed by atoms with Gasteiger partial charge in [0, 0.05) is 31.1 Å². The lowest BCUT2D eigenvalue weighted by atomic mass is 10.0. The number of anilines is 1. The first-order chi connectivity index (χ1) is 16.9. The molecule has 6 heteroatoms. The molecule has 0 amide bonds. The van der Waals surface area contributed by atoms with Crippen LogP contribution in [0.1, 0.15) is 30.5 Å². The Kier molecular flexibility index (Phi) is 6.50. The Labute approximate surface area is 207 Å². The molecule has 5 nitrogen and oxygen atoms in total. The summed E-state index contributed by atoms with van der Waals surface area (Å²) >= 11 is 0. The van der Waals surface area contributed by atoms with E-state index < -0.39 is 10.0 Å². The second kappa shape index (κ2) is 9.72. The molecular weight excluding hydrogens is 456 g/mol. The van der Waals surface area contributed by atoms with Gasteiger partial charge in [0.05, 0.1) is 10.6 Å². The Hall–Kier alpha value is -3.35. The molecular formula is C29H30N2O3S. The molecule has 0 radical (unpaired) electrons. The van der Waals surface area contributed by atoms with Gasteiger partial charge >= 0.3 is 0 Å². The summed E-state index contributed by atoms with van der Waals surface area (Å²) in [6.07, 6.45) is 1.86. The van der Waals surface area contributed by atoms with Crippen LogP contribution in [-0.4, -0.2) is 28.1 Å². The number of fused-ring (bicyclic) bond motifs is 2. The fourth-order valence-corrected chi connectivity index (χ4v) is 6.03. The number of hydrogen-bond donors (Lipinski definition) is 1. The second-order valence-corrected chi connectivity index (χ2v) is 11.0. The van der Waals surface area contributed by atoms with Gasteiger partial charge in [0.2, 0.25) is 0 Å². The number of nitrogens with zero attached hydrogens (tertiary/aromatic N) is 1. The number of nitrogens with one attached hydrogen (secondary N) is 1. The van der Waals surface area contributed by atoms with E-state index >= 15 is 0 Å². The van der Waals surface area contributed by atoms with Crippen LogP contribution in [0, 0.1) is 0 Å². The molecule has 1 aliphatic heterocycles. The molecule has 1 unspecified atom stereocenters. The Bertz CT molecular complexity index is 1430. The summed E-state index contributed by atoms with van der Waals surface area (Å²) in [7, 11) is -2.15. The Morgan fingerprint density at radius 3 is 2.54 bits per heavy atom. The topological polar surface area (TPSA) is 58.6 Å². The van der Waals surface area contributed by atoms with E-state index in [-0.39, 0.29) is 12.1 Å². The fraction of sp³-hybridized carbons (Fsp3) is 0.241. The van der Waals surface area contributed by atoms with Crippen molar-refractivity contribution in [2.75, 3.05) is 17.9 Å². The van der Waals surface area contributed by atoms with Gasteiger partial charge in [-0.3, -0.25) is 4.31 Å². The summed E-state index contributed by atoms with van der Waals surface area (Å²) in [5, 5.41) is 5.18. The molecule has 0 bridgehead atoms. The second-order valence-electron chi connectivity index (χ2n) is 9.06. The van der Waals surface area contributed by atoms with E-state index in [0.29, 0.717) is 10.6 Å². The predicted octanol–water partition coefficient (Wildman–Crippen LogP) is 5.71. The zero-order chi connectivity index (χ0) is 24.4. The third-order valence-electron chi connectivity index (χ3n) is 6.78. The van der Waals surface area contributed by atoms with Crippen molar-refractivity contribution in [3.8, 4) is 5.75 Å². The van der Waals surface area contributed by atoms with Crippen LogP contribution >= 0.6 is 0 Å². The number of sulfonamides is 1. The monoisotopic (exact) mass is 486 g/mol. The first-order valence-electron chi connectivity index (χ1n) is 12.0. The number of ether oxygens (including phenoxy) is 1. The van der Waals surface area contributed by atoms with E-state index in [1.54, 1.807) is 19.2 Å². The maximum atomic E-state index is 13.6. The van der Waals surface area contributed by atoms with E-state index in [1.165, 1.54) is 9.87 Å². The molecule has 1 heterocycles.